The number of amides is 1. The lowest BCUT2D eigenvalue weighted by atomic mass is 10.1. The zero-order chi connectivity index (χ0) is 12.3. The monoisotopic (exact) mass is 236 g/mol. The summed E-state index contributed by atoms with van der Waals surface area (Å²) in [4.78, 5) is 21.5. The first-order chi connectivity index (χ1) is 6.60. The molecule has 0 saturated heterocycles. The van der Waals surface area contributed by atoms with E-state index in [0.29, 0.717) is 6.21 Å². The predicted molar refractivity (Wildman–Crippen MR) is 54.3 cm³/mol. The zero-order valence-electron chi connectivity index (χ0n) is 8.77. The van der Waals surface area contributed by atoms with E-state index in [-0.39, 0.29) is 4.17 Å². The zero-order valence-corrected chi connectivity index (χ0v) is 9.59. The Bertz CT molecular complexity index is 385. The molecule has 0 bridgehead atoms. The quantitative estimate of drug-likeness (QED) is 0.484. The second kappa shape index (κ2) is 4.47. The molecule has 0 fully saturated rings. The highest BCUT2D eigenvalue weighted by molar-refractivity contribution is 7.85. The Morgan fingerprint density at radius 3 is 2.33 bits per heavy atom. The van der Waals surface area contributed by atoms with Crippen LogP contribution in [0.1, 0.15) is 13.8 Å². The van der Waals surface area contributed by atoms with Crippen molar-refractivity contribution in [2.75, 3.05) is 12.8 Å². The third-order valence-electron chi connectivity index (χ3n) is 1.53. The second-order valence-corrected chi connectivity index (χ2v) is 5.65. The summed E-state index contributed by atoms with van der Waals surface area (Å²) in [6, 6.07) is 0. The first-order valence-corrected chi connectivity index (χ1v) is 5.68. The highest BCUT2D eigenvalue weighted by Gasteiger charge is 2.35. The molecule has 0 atom stereocenters. The summed E-state index contributed by atoms with van der Waals surface area (Å²) in [5.41, 5.74) is -1.09. The lowest BCUT2D eigenvalue weighted by molar-refractivity contribution is -0.351. The van der Waals surface area contributed by atoms with E-state index < -0.39 is 27.2 Å². The van der Waals surface area contributed by atoms with E-state index in [1.165, 1.54) is 13.8 Å². The van der Waals surface area contributed by atoms with Crippen molar-refractivity contribution in [2.45, 2.75) is 19.4 Å². The minimum Gasteiger partial charge on any atom is -0.345 e. The lowest BCUT2D eigenvalue weighted by Crippen LogP contribution is -2.49. The number of hydrogen-bond acceptors (Lipinski definition) is 5. The summed E-state index contributed by atoms with van der Waals surface area (Å²) in [5, 5.41) is 8.94. The Kier molecular flexibility index (Phi) is 4.08. The molecule has 0 unspecified atom stereocenters. The van der Waals surface area contributed by atoms with Gasteiger partial charge in [0.05, 0.1) is 11.8 Å². The summed E-state index contributed by atoms with van der Waals surface area (Å²) in [5.74, 6) is -1.22. The van der Waals surface area contributed by atoms with Crippen LogP contribution in [0.25, 0.3) is 0 Å². The van der Waals surface area contributed by atoms with Gasteiger partial charge in [0.15, 0.2) is 0 Å². The predicted octanol–water partition coefficient (Wildman–Crippen LogP) is -0.731. The molecule has 2 N–H and O–H groups in total. The van der Waals surface area contributed by atoms with Crippen molar-refractivity contribution in [2.24, 2.45) is 0 Å². The van der Waals surface area contributed by atoms with Crippen molar-refractivity contribution in [1.29, 1.82) is 5.41 Å². The van der Waals surface area contributed by atoms with Gasteiger partial charge in [-0.15, -0.1) is 0 Å². The van der Waals surface area contributed by atoms with Crippen LogP contribution in [0.3, 0.4) is 0 Å². The number of nitrogens with zero attached hydrogens (tertiary/aromatic N) is 1. The maximum atomic E-state index is 11.2. The fourth-order valence-electron chi connectivity index (χ4n) is 0.953. The summed E-state index contributed by atoms with van der Waals surface area (Å²) in [7, 11) is -3.04. The summed E-state index contributed by atoms with van der Waals surface area (Å²) in [6.07, 6.45) is 0.537. The Morgan fingerprint density at radius 1 is 1.53 bits per heavy atom. The largest absolute Gasteiger partial charge is 0.408 e. The molecule has 0 saturated carbocycles. The van der Waals surface area contributed by atoms with Crippen molar-refractivity contribution in [3.8, 4) is 0 Å². The van der Waals surface area contributed by atoms with Gasteiger partial charge in [-0.25, -0.2) is 0 Å². The highest BCUT2D eigenvalue weighted by Crippen LogP contribution is 2.07. The molecule has 8 heteroatoms. The van der Waals surface area contributed by atoms with Crippen molar-refractivity contribution in [3.05, 3.63) is 4.91 Å². The van der Waals surface area contributed by atoms with Gasteiger partial charge < -0.3 is 10.7 Å². The van der Waals surface area contributed by atoms with E-state index in [9.17, 15) is 18.1 Å². The lowest BCUT2D eigenvalue weighted by Gasteiger charge is -2.22. The van der Waals surface area contributed by atoms with Crippen LogP contribution in [0.15, 0.2) is 0 Å². The Balaban J connectivity index is 4.72. The van der Waals surface area contributed by atoms with Crippen LogP contribution in [0.5, 0.6) is 0 Å². The average molecular weight is 236 g/mol. The summed E-state index contributed by atoms with van der Waals surface area (Å²) in [6.45, 7) is 2.91. The van der Waals surface area contributed by atoms with Crippen LogP contribution in [-0.4, -0.2) is 43.0 Å². The minimum atomic E-state index is -3.92. The van der Waals surface area contributed by atoms with E-state index in [2.05, 4.69) is 5.32 Å². The molecular weight excluding hydrogens is 222 g/mol. The van der Waals surface area contributed by atoms with Crippen molar-refractivity contribution < 1.29 is 17.4 Å². The number of carbonyl (C=O) groups excluding carboxylic acids is 1. The molecule has 15 heavy (non-hydrogen) atoms. The van der Waals surface area contributed by atoms with Crippen molar-refractivity contribution >= 4 is 22.1 Å². The molecule has 86 valence electrons. The minimum absolute atomic E-state index is 0.148. The van der Waals surface area contributed by atoms with Crippen molar-refractivity contribution in [3.63, 3.8) is 0 Å². The van der Waals surface area contributed by atoms with E-state index in [1.807, 2.05) is 0 Å². The maximum Gasteiger partial charge on any atom is 0.408 e. The first kappa shape index (κ1) is 13.7. The van der Waals surface area contributed by atoms with Gasteiger partial charge in [0.1, 0.15) is 9.92 Å². The van der Waals surface area contributed by atoms with Gasteiger partial charge in [0.25, 0.3) is 5.91 Å². The van der Waals surface area contributed by atoms with Gasteiger partial charge in [0.2, 0.25) is 7.05 Å². The standard InChI is InChI=1S/C7H13N3O4S/c1-7(2,9-6(11)4-8)5-15(13,14)10(3)12/h4,8H,5H2,1-3H3/p+1. The van der Waals surface area contributed by atoms with Crippen LogP contribution in [-0.2, 0) is 14.8 Å². The van der Waals surface area contributed by atoms with E-state index in [1.54, 1.807) is 0 Å². The maximum absolute atomic E-state index is 11.2. The van der Waals surface area contributed by atoms with Gasteiger partial charge in [-0.3, -0.25) is 4.79 Å². The average Bonchev–Trinajstić information content (AvgIpc) is 2.00. The molecule has 0 aliphatic rings. The number of nitrogens with one attached hydrogen (secondary N) is 2. The summed E-state index contributed by atoms with van der Waals surface area (Å²) < 4.78 is 22.3. The normalized spacial score (nSPS) is 11.9. The fourth-order valence-corrected chi connectivity index (χ4v) is 2.12. The number of hydrogen-bond donors (Lipinski definition) is 2. The molecule has 0 heterocycles. The van der Waals surface area contributed by atoms with Gasteiger partial charge in [-0.05, 0) is 13.8 Å². The molecule has 0 aliphatic heterocycles. The molecule has 0 rings (SSSR count). The number of rotatable bonds is 5. The third kappa shape index (κ3) is 4.63. The van der Waals surface area contributed by atoms with E-state index >= 15 is 0 Å². The van der Waals surface area contributed by atoms with E-state index in [4.69, 9.17) is 5.41 Å². The van der Waals surface area contributed by atoms with Crippen LogP contribution < -0.4 is 5.32 Å². The first-order valence-electron chi connectivity index (χ1n) is 4.07. The molecule has 0 aromatic carbocycles. The Labute approximate surface area is 88.0 Å². The Morgan fingerprint density at radius 2 is 2.00 bits per heavy atom. The molecular formula is C7H14N3O4S+. The molecule has 0 radical (unpaired) electrons. The highest BCUT2D eigenvalue weighted by atomic mass is 32.2. The van der Waals surface area contributed by atoms with Crippen molar-refractivity contribution in [1.82, 2.24) is 5.32 Å². The topological polar surface area (TPSA) is 107 Å². The number of nitroso groups, excluding NO2 is 1. The molecule has 1 amide bonds. The van der Waals surface area contributed by atoms with Gasteiger partial charge >= 0.3 is 10.0 Å². The van der Waals surface area contributed by atoms with Gasteiger partial charge in [0, 0.05) is 4.91 Å². The van der Waals surface area contributed by atoms with Gasteiger partial charge in [-0.1, -0.05) is 0 Å². The molecule has 0 aromatic heterocycles. The number of carbonyl (C=O) groups is 1. The van der Waals surface area contributed by atoms with Crippen LogP contribution in [0.4, 0.5) is 0 Å². The Hall–Kier alpha value is -1.31. The summed E-state index contributed by atoms with van der Waals surface area (Å²) >= 11 is 0. The third-order valence-corrected chi connectivity index (χ3v) is 3.40. The molecule has 7 nitrogen and oxygen atoms in total. The second-order valence-electron chi connectivity index (χ2n) is 3.68. The van der Waals surface area contributed by atoms with E-state index in [0.717, 1.165) is 7.05 Å². The van der Waals surface area contributed by atoms with Crippen LogP contribution in [0, 0.1) is 10.3 Å². The molecule has 0 spiro atoms. The smallest absolute Gasteiger partial charge is 0.345 e. The fraction of sp³-hybridized carbons (Fsp3) is 0.714. The SMILES string of the molecule is C[N+](=O)S(=O)(=O)CC(C)(C)NC(=O)C=N. The van der Waals surface area contributed by atoms with Crippen LogP contribution in [0.2, 0.25) is 0 Å². The molecule has 0 aliphatic carbocycles. The van der Waals surface area contributed by atoms with Crippen LogP contribution >= 0.6 is 0 Å². The number of sulfonamides is 1. The van der Waals surface area contributed by atoms with Gasteiger partial charge in [-0.2, -0.15) is 8.42 Å². The molecule has 0 aromatic rings.